The fraction of sp³-hybridized carbons (Fsp3) is 0.438. The molecule has 7 heteroatoms. The first-order valence-electron chi connectivity index (χ1n) is 7.49. The highest BCUT2D eigenvalue weighted by atomic mass is 127. The number of hydrogen-bond donors (Lipinski definition) is 2. The molecule has 23 heavy (non-hydrogen) atoms. The smallest absolute Gasteiger partial charge is 0.281 e. The van der Waals surface area contributed by atoms with Crippen LogP contribution in [0.4, 0.5) is 4.79 Å². The maximum absolute atomic E-state index is 12.4. The topological polar surface area (TPSA) is 84.5 Å². The van der Waals surface area contributed by atoms with Gasteiger partial charge in [0.2, 0.25) is 0 Å². The van der Waals surface area contributed by atoms with Gasteiger partial charge in [0.25, 0.3) is 9.82 Å². The summed E-state index contributed by atoms with van der Waals surface area (Å²) < 4.78 is 5.61. The van der Waals surface area contributed by atoms with Crippen LogP contribution >= 0.6 is 22.6 Å². The summed E-state index contributed by atoms with van der Waals surface area (Å²) in [4.78, 5) is 35.7. The zero-order chi connectivity index (χ0) is 16.2. The van der Waals surface area contributed by atoms with E-state index >= 15 is 0 Å². The van der Waals surface area contributed by atoms with Crippen LogP contribution in [-0.4, -0.2) is 32.8 Å². The van der Waals surface area contributed by atoms with Crippen molar-refractivity contribution in [3.05, 3.63) is 29.8 Å². The number of nitrogens with one attached hydrogen (secondary N) is 2. The molecule has 6 nitrogen and oxygen atoms in total. The van der Waals surface area contributed by atoms with Gasteiger partial charge in [-0.15, -0.1) is 0 Å². The summed E-state index contributed by atoms with van der Waals surface area (Å²) in [6.07, 6.45) is 1.53. The number of carbonyl (C=O) groups excluding carboxylic acids is 3. The third-order valence-corrected chi connectivity index (χ3v) is 5.17. The molecule has 0 radical (unpaired) electrons. The SMILES string of the molecule is O=C(I)NC12CC(NC(=O)C3CC(=O)c4ccccc4O3)(C1)C2. The zero-order valence-electron chi connectivity index (χ0n) is 12.2. The van der Waals surface area contributed by atoms with Crippen molar-refractivity contribution in [2.24, 2.45) is 0 Å². The minimum Gasteiger partial charge on any atom is -0.479 e. The molecule has 1 aromatic rings. The van der Waals surface area contributed by atoms with Gasteiger partial charge in [-0.25, -0.2) is 0 Å². The molecule has 4 aliphatic rings. The number of rotatable bonds is 3. The largest absolute Gasteiger partial charge is 0.479 e. The number of fused-ring (bicyclic) bond motifs is 1. The van der Waals surface area contributed by atoms with Crippen molar-refractivity contribution in [3.63, 3.8) is 0 Å². The Balaban J connectivity index is 1.39. The summed E-state index contributed by atoms with van der Waals surface area (Å²) in [6.45, 7) is 0. The molecule has 3 saturated carbocycles. The van der Waals surface area contributed by atoms with Gasteiger partial charge in [0.1, 0.15) is 5.75 Å². The number of Topliss-reactive ketones (excluding diaryl/α,β-unsaturated/α-hetero) is 1. The van der Waals surface area contributed by atoms with E-state index in [0.717, 1.165) is 19.3 Å². The quantitative estimate of drug-likeness (QED) is 0.440. The average molecular weight is 426 g/mol. The van der Waals surface area contributed by atoms with Gasteiger partial charge in [-0.2, -0.15) is 0 Å². The molecule has 1 aromatic carbocycles. The van der Waals surface area contributed by atoms with Gasteiger partial charge in [0.15, 0.2) is 11.9 Å². The third kappa shape index (κ3) is 2.41. The van der Waals surface area contributed by atoms with E-state index in [4.69, 9.17) is 4.74 Å². The van der Waals surface area contributed by atoms with Crippen LogP contribution < -0.4 is 15.4 Å². The molecule has 1 heterocycles. The lowest BCUT2D eigenvalue weighted by molar-refractivity contribution is -0.145. The number of halogens is 1. The first kappa shape index (κ1) is 14.9. The Hall–Kier alpha value is -1.64. The van der Waals surface area contributed by atoms with Crippen molar-refractivity contribution >= 4 is 38.2 Å². The number of ether oxygens (including phenoxy) is 1. The second kappa shape index (κ2) is 4.93. The van der Waals surface area contributed by atoms with Crippen molar-refractivity contribution in [2.75, 3.05) is 0 Å². The molecule has 1 aliphatic heterocycles. The Labute approximate surface area is 146 Å². The van der Waals surface area contributed by atoms with Crippen LogP contribution in [-0.2, 0) is 4.79 Å². The molecular weight excluding hydrogens is 411 g/mol. The summed E-state index contributed by atoms with van der Waals surface area (Å²) in [5.74, 6) is 0.148. The lowest BCUT2D eigenvalue weighted by Gasteiger charge is -2.70. The molecule has 0 spiro atoms. The molecular formula is C16H15IN2O4. The van der Waals surface area contributed by atoms with E-state index in [1.807, 2.05) is 0 Å². The van der Waals surface area contributed by atoms with Crippen molar-refractivity contribution < 1.29 is 19.1 Å². The molecule has 1 unspecified atom stereocenters. The summed E-state index contributed by atoms with van der Waals surface area (Å²) in [6, 6.07) is 6.98. The van der Waals surface area contributed by atoms with Gasteiger partial charge in [0, 0.05) is 33.7 Å². The van der Waals surface area contributed by atoms with Crippen LogP contribution in [0.5, 0.6) is 5.75 Å². The molecule has 5 rings (SSSR count). The molecule has 3 fully saturated rings. The zero-order valence-corrected chi connectivity index (χ0v) is 14.4. The van der Waals surface area contributed by atoms with Crippen LogP contribution in [0.25, 0.3) is 0 Å². The number of ketones is 1. The maximum Gasteiger partial charge on any atom is 0.281 e. The summed E-state index contributed by atoms with van der Waals surface area (Å²) in [5, 5.41) is 5.94. The standard InChI is InChI=1S/C16H15IN2O4/c17-14(22)19-16-6-15(7-16,8-16)18-13(21)12-5-10(20)9-3-1-2-4-11(9)23-12/h1-4,12H,5-8H2,(H,18,21)(H,19,22). The van der Waals surface area contributed by atoms with Gasteiger partial charge < -0.3 is 15.4 Å². The molecule has 2 amide bonds. The Kier molecular flexibility index (Phi) is 3.20. The van der Waals surface area contributed by atoms with Crippen LogP contribution in [0.1, 0.15) is 36.0 Å². The molecule has 1 atom stereocenters. The summed E-state index contributed by atoms with van der Waals surface area (Å²) >= 11 is 1.72. The number of carbonyl (C=O) groups is 3. The van der Waals surface area contributed by atoms with Gasteiger partial charge in [-0.3, -0.25) is 14.4 Å². The predicted octanol–water partition coefficient (Wildman–Crippen LogP) is 1.96. The van der Waals surface area contributed by atoms with Gasteiger partial charge in [-0.05, 0) is 31.4 Å². The first-order valence-corrected chi connectivity index (χ1v) is 8.57. The highest BCUT2D eigenvalue weighted by molar-refractivity contribution is 14.1. The number of benzene rings is 1. The fourth-order valence-corrected chi connectivity index (χ4v) is 4.59. The van der Waals surface area contributed by atoms with E-state index in [1.165, 1.54) is 0 Å². The number of para-hydroxylation sites is 1. The molecule has 2 N–H and O–H groups in total. The average Bonchev–Trinajstić information content (AvgIpc) is 2.43. The molecule has 0 saturated heterocycles. The summed E-state index contributed by atoms with van der Waals surface area (Å²) in [5.41, 5.74) is 0.159. The Morgan fingerprint density at radius 3 is 2.48 bits per heavy atom. The van der Waals surface area contributed by atoms with Gasteiger partial charge >= 0.3 is 0 Å². The van der Waals surface area contributed by atoms with E-state index < -0.39 is 6.10 Å². The van der Waals surface area contributed by atoms with E-state index in [1.54, 1.807) is 46.9 Å². The predicted molar refractivity (Wildman–Crippen MR) is 89.8 cm³/mol. The minimum absolute atomic E-state index is 0.0640. The van der Waals surface area contributed by atoms with Crippen LogP contribution in [0.3, 0.4) is 0 Å². The monoisotopic (exact) mass is 426 g/mol. The molecule has 3 aliphatic carbocycles. The molecule has 0 aromatic heterocycles. The minimum atomic E-state index is -0.776. The van der Waals surface area contributed by atoms with Crippen molar-refractivity contribution in [1.29, 1.82) is 0 Å². The Morgan fingerprint density at radius 1 is 1.13 bits per heavy atom. The van der Waals surface area contributed by atoms with Crippen LogP contribution in [0, 0.1) is 0 Å². The fourth-order valence-electron chi connectivity index (χ4n) is 4.02. The second-order valence-corrected chi connectivity index (χ2v) is 7.69. The first-order chi connectivity index (χ1) is 10.9. The van der Waals surface area contributed by atoms with Crippen molar-refractivity contribution in [3.8, 4) is 5.75 Å². The Bertz CT molecular complexity index is 713. The highest BCUT2D eigenvalue weighted by Gasteiger charge is 2.69. The van der Waals surface area contributed by atoms with E-state index in [2.05, 4.69) is 10.6 Å². The third-order valence-electron chi connectivity index (χ3n) is 4.90. The van der Waals surface area contributed by atoms with E-state index in [9.17, 15) is 14.4 Å². The number of hydrogen-bond acceptors (Lipinski definition) is 4. The molecule has 2 bridgehead atoms. The van der Waals surface area contributed by atoms with E-state index in [-0.39, 0.29) is 33.1 Å². The highest BCUT2D eigenvalue weighted by Crippen LogP contribution is 2.60. The Morgan fingerprint density at radius 2 is 1.78 bits per heavy atom. The molecule has 120 valence electrons. The van der Waals surface area contributed by atoms with Crippen molar-refractivity contribution in [2.45, 2.75) is 42.9 Å². The maximum atomic E-state index is 12.4. The van der Waals surface area contributed by atoms with Crippen LogP contribution in [0.15, 0.2) is 24.3 Å². The summed E-state index contributed by atoms with van der Waals surface area (Å²) in [7, 11) is 0. The van der Waals surface area contributed by atoms with Gasteiger partial charge in [0.05, 0.1) is 12.0 Å². The second-order valence-electron chi connectivity index (χ2n) is 6.71. The number of amides is 2. The van der Waals surface area contributed by atoms with E-state index in [0.29, 0.717) is 11.3 Å². The van der Waals surface area contributed by atoms with Crippen molar-refractivity contribution in [1.82, 2.24) is 10.6 Å². The van der Waals surface area contributed by atoms with Crippen LogP contribution in [0.2, 0.25) is 0 Å². The van der Waals surface area contributed by atoms with Gasteiger partial charge in [-0.1, -0.05) is 12.1 Å². The lowest BCUT2D eigenvalue weighted by Crippen LogP contribution is -2.84. The normalized spacial score (nSPS) is 33.4. The lowest BCUT2D eigenvalue weighted by atomic mass is 9.44.